The highest BCUT2D eigenvalue weighted by Gasteiger charge is 1.93. The molecule has 13 heavy (non-hydrogen) atoms. The Balaban J connectivity index is 0.00000144. The summed E-state index contributed by atoms with van der Waals surface area (Å²) in [7, 11) is 0. The van der Waals surface area contributed by atoms with Crippen LogP contribution in [-0.2, 0) is 0 Å². The fraction of sp³-hybridized carbons (Fsp3) is 0.100. The molecule has 3 heteroatoms. The number of hydrogen-bond donors (Lipinski definition) is 1. The van der Waals surface area contributed by atoms with Crippen LogP contribution < -0.4 is 5.73 Å². The van der Waals surface area contributed by atoms with Crippen molar-refractivity contribution in [2.75, 3.05) is 6.54 Å². The molecule has 0 aliphatic rings. The average molecular weight is 288 g/mol. The third-order valence-corrected chi connectivity index (χ3v) is 1.46. The molecular formula is C10H13IN2. The number of benzene rings is 1. The van der Waals surface area contributed by atoms with Crippen LogP contribution in [0.2, 0.25) is 0 Å². The molecule has 0 fully saturated rings. The number of halogens is 1. The molecule has 0 saturated heterocycles. The van der Waals surface area contributed by atoms with Gasteiger partial charge in [0, 0.05) is 5.56 Å². The Kier molecular flexibility index (Phi) is 6.22. The molecule has 0 spiro atoms. The van der Waals surface area contributed by atoms with Gasteiger partial charge in [-0.1, -0.05) is 36.4 Å². The van der Waals surface area contributed by atoms with E-state index < -0.39 is 0 Å². The quantitative estimate of drug-likeness (QED) is 0.394. The minimum absolute atomic E-state index is 0. The van der Waals surface area contributed by atoms with Crippen molar-refractivity contribution in [3.63, 3.8) is 0 Å². The standard InChI is InChI=1S/C10H12N2.HI/c1-2-8-12-10(11)9-6-4-3-5-7-9;/h2-7H,1,8H2,(H2,11,12);1H. The van der Waals surface area contributed by atoms with Gasteiger partial charge in [0.15, 0.2) is 0 Å². The smallest absolute Gasteiger partial charge is 0.125 e. The lowest BCUT2D eigenvalue weighted by atomic mass is 10.2. The van der Waals surface area contributed by atoms with E-state index in [0.717, 1.165) is 5.56 Å². The molecule has 0 aliphatic heterocycles. The zero-order valence-corrected chi connectivity index (χ0v) is 9.64. The van der Waals surface area contributed by atoms with Crippen molar-refractivity contribution in [3.05, 3.63) is 48.6 Å². The first-order valence-corrected chi connectivity index (χ1v) is 3.81. The van der Waals surface area contributed by atoms with E-state index in [0.29, 0.717) is 12.4 Å². The van der Waals surface area contributed by atoms with Crippen molar-refractivity contribution in [1.82, 2.24) is 0 Å². The summed E-state index contributed by atoms with van der Waals surface area (Å²) in [6, 6.07) is 9.69. The monoisotopic (exact) mass is 288 g/mol. The Hall–Kier alpha value is -0.840. The van der Waals surface area contributed by atoms with E-state index in [2.05, 4.69) is 11.6 Å². The minimum atomic E-state index is 0. The molecule has 2 N–H and O–H groups in total. The normalized spacial score (nSPS) is 10.3. The Bertz CT molecular complexity index is 280. The summed E-state index contributed by atoms with van der Waals surface area (Å²) in [5, 5.41) is 0. The second-order valence-electron chi connectivity index (χ2n) is 2.38. The molecular weight excluding hydrogens is 275 g/mol. The van der Waals surface area contributed by atoms with Gasteiger partial charge in [-0.05, 0) is 0 Å². The van der Waals surface area contributed by atoms with E-state index in [1.807, 2.05) is 30.3 Å². The number of aliphatic imine (C=N–C) groups is 1. The maximum atomic E-state index is 5.68. The maximum absolute atomic E-state index is 5.68. The third kappa shape index (κ3) is 4.07. The van der Waals surface area contributed by atoms with Crippen molar-refractivity contribution in [1.29, 1.82) is 0 Å². The van der Waals surface area contributed by atoms with Crippen molar-refractivity contribution in [3.8, 4) is 0 Å². The highest BCUT2D eigenvalue weighted by molar-refractivity contribution is 14.0. The maximum Gasteiger partial charge on any atom is 0.125 e. The topological polar surface area (TPSA) is 38.4 Å². The van der Waals surface area contributed by atoms with Gasteiger partial charge in [0.2, 0.25) is 0 Å². The number of hydrogen-bond acceptors (Lipinski definition) is 1. The van der Waals surface area contributed by atoms with Gasteiger partial charge in [0.25, 0.3) is 0 Å². The highest BCUT2D eigenvalue weighted by Crippen LogP contribution is 1.97. The average Bonchev–Trinajstić information content (AvgIpc) is 2.15. The van der Waals surface area contributed by atoms with Gasteiger partial charge in [-0.25, -0.2) is 0 Å². The minimum Gasteiger partial charge on any atom is -0.383 e. The molecule has 1 aromatic rings. The lowest BCUT2D eigenvalue weighted by Crippen LogP contribution is -2.13. The number of rotatable bonds is 3. The predicted octanol–water partition coefficient (Wildman–Crippen LogP) is 2.20. The van der Waals surface area contributed by atoms with E-state index in [4.69, 9.17) is 5.73 Å². The Morgan fingerprint density at radius 1 is 1.38 bits per heavy atom. The molecule has 0 radical (unpaired) electrons. The summed E-state index contributed by atoms with van der Waals surface area (Å²) in [6.07, 6.45) is 1.72. The van der Waals surface area contributed by atoms with Crippen molar-refractivity contribution in [2.45, 2.75) is 0 Å². The van der Waals surface area contributed by atoms with Crippen molar-refractivity contribution >= 4 is 29.8 Å². The van der Waals surface area contributed by atoms with E-state index in [1.54, 1.807) is 6.08 Å². The highest BCUT2D eigenvalue weighted by atomic mass is 127. The van der Waals surface area contributed by atoms with Crippen LogP contribution in [0.5, 0.6) is 0 Å². The largest absolute Gasteiger partial charge is 0.383 e. The molecule has 0 heterocycles. The predicted molar refractivity (Wildman–Crippen MR) is 67.6 cm³/mol. The van der Waals surface area contributed by atoms with E-state index in [-0.39, 0.29) is 24.0 Å². The zero-order valence-electron chi connectivity index (χ0n) is 7.31. The van der Waals surface area contributed by atoms with Crippen LogP contribution in [0, 0.1) is 0 Å². The number of amidine groups is 1. The molecule has 0 unspecified atom stereocenters. The molecule has 0 aromatic heterocycles. The molecule has 1 rings (SSSR count). The summed E-state index contributed by atoms with van der Waals surface area (Å²) in [5.74, 6) is 0.565. The second kappa shape index (κ2) is 6.65. The fourth-order valence-electron chi connectivity index (χ4n) is 0.863. The van der Waals surface area contributed by atoms with Crippen LogP contribution in [0.25, 0.3) is 0 Å². The van der Waals surface area contributed by atoms with E-state index >= 15 is 0 Å². The third-order valence-electron chi connectivity index (χ3n) is 1.46. The lowest BCUT2D eigenvalue weighted by molar-refractivity contribution is 1.23. The van der Waals surface area contributed by atoms with Crippen LogP contribution >= 0.6 is 24.0 Å². The molecule has 0 saturated carbocycles. The van der Waals surface area contributed by atoms with Crippen molar-refractivity contribution < 1.29 is 0 Å². The second-order valence-corrected chi connectivity index (χ2v) is 2.38. The van der Waals surface area contributed by atoms with Gasteiger partial charge in [-0.2, -0.15) is 0 Å². The van der Waals surface area contributed by atoms with E-state index in [9.17, 15) is 0 Å². The first kappa shape index (κ1) is 12.2. The summed E-state index contributed by atoms with van der Waals surface area (Å²) in [5.41, 5.74) is 6.64. The summed E-state index contributed by atoms with van der Waals surface area (Å²) < 4.78 is 0. The van der Waals surface area contributed by atoms with Gasteiger partial charge in [0.05, 0.1) is 6.54 Å². The summed E-state index contributed by atoms with van der Waals surface area (Å²) in [4.78, 5) is 4.09. The summed E-state index contributed by atoms with van der Waals surface area (Å²) in [6.45, 7) is 4.13. The van der Waals surface area contributed by atoms with Gasteiger partial charge in [-0.15, -0.1) is 30.6 Å². The van der Waals surface area contributed by atoms with E-state index in [1.165, 1.54) is 0 Å². The molecule has 2 nitrogen and oxygen atoms in total. The molecule has 0 amide bonds. The van der Waals surface area contributed by atoms with Crippen LogP contribution in [0.4, 0.5) is 0 Å². The van der Waals surface area contributed by atoms with Gasteiger partial charge < -0.3 is 5.73 Å². The Labute approximate surface area is 95.6 Å². The first-order valence-electron chi connectivity index (χ1n) is 3.81. The van der Waals surface area contributed by atoms with Crippen LogP contribution in [0.15, 0.2) is 48.0 Å². The van der Waals surface area contributed by atoms with Crippen LogP contribution in [-0.4, -0.2) is 12.4 Å². The number of nitrogens with two attached hydrogens (primary N) is 1. The lowest BCUT2D eigenvalue weighted by Gasteiger charge is -1.97. The Morgan fingerprint density at radius 3 is 2.54 bits per heavy atom. The molecule has 0 bridgehead atoms. The Morgan fingerprint density at radius 2 is 2.00 bits per heavy atom. The molecule has 1 aromatic carbocycles. The van der Waals surface area contributed by atoms with Gasteiger partial charge >= 0.3 is 0 Å². The van der Waals surface area contributed by atoms with Gasteiger partial charge in [-0.3, -0.25) is 4.99 Å². The zero-order chi connectivity index (χ0) is 8.81. The van der Waals surface area contributed by atoms with Crippen molar-refractivity contribution in [2.24, 2.45) is 10.7 Å². The van der Waals surface area contributed by atoms with Gasteiger partial charge in [0.1, 0.15) is 5.84 Å². The van der Waals surface area contributed by atoms with Crippen LogP contribution in [0.3, 0.4) is 0 Å². The molecule has 0 aliphatic carbocycles. The first-order chi connectivity index (χ1) is 5.84. The molecule has 0 atom stereocenters. The summed E-state index contributed by atoms with van der Waals surface area (Å²) >= 11 is 0. The fourth-order valence-corrected chi connectivity index (χ4v) is 0.863. The van der Waals surface area contributed by atoms with Crippen LogP contribution in [0.1, 0.15) is 5.56 Å². The SMILES string of the molecule is C=CCN=C(N)c1ccccc1.I. The molecule has 70 valence electrons. The number of nitrogens with zero attached hydrogens (tertiary/aromatic N) is 1.